The molecule has 0 spiro atoms. The Bertz CT molecular complexity index is 418. The van der Waals surface area contributed by atoms with E-state index in [0.717, 1.165) is 23.6 Å². The lowest BCUT2D eigenvalue weighted by atomic mass is 9.73. The van der Waals surface area contributed by atoms with E-state index in [1.165, 1.54) is 19.3 Å². The minimum absolute atomic E-state index is 0.00845. The Balaban J connectivity index is 2.26. The van der Waals surface area contributed by atoms with Gasteiger partial charge in [-0.3, -0.25) is 4.98 Å². The third kappa shape index (κ3) is 2.48. The van der Waals surface area contributed by atoms with Gasteiger partial charge in [0.15, 0.2) is 0 Å². The van der Waals surface area contributed by atoms with Gasteiger partial charge in [-0.1, -0.05) is 19.8 Å². The highest BCUT2D eigenvalue weighted by molar-refractivity contribution is 5.43. The fourth-order valence-electron chi connectivity index (χ4n) is 2.85. The molecule has 2 atom stereocenters. The Labute approximate surface area is 109 Å². The van der Waals surface area contributed by atoms with Crippen LogP contribution >= 0.6 is 0 Å². The van der Waals surface area contributed by atoms with Crippen LogP contribution in [0.25, 0.3) is 0 Å². The number of rotatable bonds is 3. The molecule has 100 valence electrons. The van der Waals surface area contributed by atoms with Gasteiger partial charge in [-0.15, -0.1) is 0 Å². The number of nitrogens with two attached hydrogens (primary N) is 1. The molecular formula is C14H24N4. The van der Waals surface area contributed by atoms with Gasteiger partial charge in [-0.25, -0.2) is 4.98 Å². The molecule has 0 aliphatic heterocycles. The van der Waals surface area contributed by atoms with Crippen molar-refractivity contribution in [3.05, 3.63) is 17.6 Å². The topological polar surface area (TPSA) is 63.8 Å². The standard InChI is InChI=1S/C14H24N4/c1-10-6-4-5-7-14(10,9-15)18-13-12(3)16-8-11(2)17-13/h8,10H,4-7,9,15H2,1-3H3,(H,17,18). The van der Waals surface area contributed by atoms with Gasteiger partial charge < -0.3 is 11.1 Å². The average molecular weight is 248 g/mol. The number of nitrogens with zero attached hydrogens (tertiary/aromatic N) is 2. The van der Waals surface area contributed by atoms with Crippen LogP contribution < -0.4 is 11.1 Å². The molecule has 1 aliphatic carbocycles. The summed E-state index contributed by atoms with van der Waals surface area (Å²) in [5, 5.41) is 3.60. The lowest BCUT2D eigenvalue weighted by molar-refractivity contribution is 0.235. The molecule has 0 amide bonds. The summed E-state index contributed by atoms with van der Waals surface area (Å²) in [6.07, 6.45) is 6.72. The second-order valence-corrected chi connectivity index (χ2v) is 5.58. The first-order chi connectivity index (χ1) is 8.57. The van der Waals surface area contributed by atoms with E-state index in [2.05, 4.69) is 22.2 Å². The highest BCUT2D eigenvalue weighted by atomic mass is 15.1. The maximum Gasteiger partial charge on any atom is 0.148 e. The number of aryl methyl sites for hydroxylation is 2. The smallest absolute Gasteiger partial charge is 0.148 e. The first-order valence-corrected chi connectivity index (χ1v) is 6.86. The molecule has 1 fully saturated rings. The second kappa shape index (κ2) is 5.22. The molecular weight excluding hydrogens is 224 g/mol. The van der Waals surface area contributed by atoms with Crippen molar-refractivity contribution in [2.24, 2.45) is 11.7 Å². The molecule has 1 aromatic rings. The summed E-state index contributed by atoms with van der Waals surface area (Å²) in [6.45, 7) is 6.91. The summed E-state index contributed by atoms with van der Waals surface area (Å²) < 4.78 is 0. The molecule has 3 N–H and O–H groups in total. The maximum atomic E-state index is 6.05. The van der Waals surface area contributed by atoms with Crippen LogP contribution in [0.1, 0.15) is 44.0 Å². The first kappa shape index (κ1) is 13.3. The van der Waals surface area contributed by atoms with Crippen LogP contribution in [0.3, 0.4) is 0 Å². The predicted octanol–water partition coefficient (Wildman–Crippen LogP) is 2.41. The third-order valence-corrected chi connectivity index (χ3v) is 4.26. The van der Waals surface area contributed by atoms with E-state index in [1.807, 2.05) is 13.8 Å². The summed E-state index contributed by atoms with van der Waals surface area (Å²) in [4.78, 5) is 8.93. The van der Waals surface area contributed by atoms with Crippen molar-refractivity contribution in [1.82, 2.24) is 9.97 Å². The number of anilines is 1. The van der Waals surface area contributed by atoms with Crippen LogP contribution in [0.2, 0.25) is 0 Å². The van der Waals surface area contributed by atoms with Crippen molar-refractivity contribution in [2.75, 3.05) is 11.9 Å². The van der Waals surface area contributed by atoms with Crippen molar-refractivity contribution >= 4 is 5.82 Å². The van der Waals surface area contributed by atoms with Crippen LogP contribution in [0.15, 0.2) is 6.20 Å². The number of aromatic nitrogens is 2. The summed E-state index contributed by atoms with van der Waals surface area (Å²) in [5.74, 6) is 1.48. The Hall–Kier alpha value is -1.16. The van der Waals surface area contributed by atoms with Gasteiger partial charge in [-0.05, 0) is 32.6 Å². The molecule has 0 saturated heterocycles. The van der Waals surface area contributed by atoms with Crippen LogP contribution in [-0.2, 0) is 0 Å². The van der Waals surface area contributed by atoms with Crippen LogP contribution in [0.5, 0.6) is 0 Å². The largest absolute Gasteiger partial charge is 0.362 e. The van der Waals surface area contributed by atoms with E-state index in [0.29, 0.717) is 12.5 Å². The van der Waals surface area contributed by atoms with Gasteiger partial charge in [-0.2, -0.15) is 0 Å². The molecule has 4 nitrogen and oxygen atoms in total. The molecule has 1 heterocycles. The Morgan fingerprint density at radius 2 is 2.22 bits per heavy atom. The monoisotopic (exact) mass is 248 g/mol. The van der Waals surface area contributed by atoms with Gasteiger partial charge in [0.1, 0.15) is 5.82 Å². The molecule has 0 bridgehead atoms. The van der Waals surface area contributed by atoms with Crippen molar-refractivity contribution < 1.29 is 0 Å². The van der Waals surface area contributed by atoms with E-state index in [1.54, 1.807) is 6.20 Å². The van der Waals surface area contributed by atoms with Crippen molar-refractivity contribution in [1.29, 1.82) is 0 Å². The van der Waals surface area contributed by atoms with Crippen LogP contribution in [0, 0.1) is 19.8 Å². The first-order valence-electron chi connectivity index (χ1n) is 6.86. The van der Waals surface area contributed by atoms with Crippen molar-refractivity contribution in [2.45, 2.75) is 52.0 Å². The van der Waals surface area contributed by atoms with Gasteiger partial charge in [0.25, 0.3) is 0 Å². The van der Waals surface area contributed by atoms with Gasteiger partial charge in [0.2, 0.25) is 0 Å². The molecule has 1 aliphatic rings. The normalized spacial score (nSPS) is 28.1. The van der Waals surface area contributed by atoms with Crippen LogP contribution in [-0.4, -0.2) is 22.1 Å². The highest BCUT2D eigenvalue weighted by Gasteiger charge is 2.37. The summed E-state index contributed by atoms with van der Waals surface area (Å²) >= 11 is 0. The number of nitrogens with one attached hydrogen (secondary N) is 1. The molecule has 1 aromatic heterocycles. The summed E-state index contributed by atoms with van der Waals surface area (Å²) in [5.41, 5.74) is 7.94. The minimum Gasteiger partial charge on any atom is -0.362 e. The Morgan fingerprint density at radius 3 is 2.89 bits per heavy atom. The van der Waals surface area contributed by atoms with E-state index in [9.17, 15) is 0 Å². The zero-order valence-electron chi connectivity index (χ0n) is 11.7. The zero-order valence-corrected chi connectivity index (χ0v) is 11.7. The molecule has 1 saturated carbocycles. The predicted molar refractivity (Wildman–Crippen MR) is 74.5 cm³/mol. The Kier molecular flexibility index (Phi) is 3.85. The average Bonchev–Trinajstić information content (AvgIpc) is 2.37. The van der Waals surface area contributed by atoms with Crippen molar-refractivity contribution in [3.8, 4) is 0 Å². The third-order valence-electron chi connectivity index (χ3n) is 4.26. The highest BCUT2D eigenvalue weighted by Crippen LogP contribution is 2.35. The zero-order chi connectivity index (χ0) is 13.2. The van der Waals surface area contributed by atoms with E-state index >= 15 is 0 Å². The maximum absolute atomic E-state index is 6.05. The fraction of sp³-hybridized carbons (Fsp3) is 0.714. The molecule has 2 rings (SSSR count). The van der Waals surface area contributed by atoms with Gasteiger partial charge in [0.05, 0.1) is 16.9 Å². The summed E-state index contributed by atoms with van der Waals surface area (Å²) in [6, 6.07) is 0. The Morgan fingerprint density at radius 1 is 1.44 bits per heavy atom. The van der Waals surface area contributed by atoms with Crippen molar-refractivity contribution in [3.63, 3.8) is 0 Å². The minimum atomic E-state index is -0.00845. The summed E-state index contributed by atoms with van der Waals surface area (Å²) in [7, 11) is 0. The van der Waals surface area contributed by atoms with Gasteiger partial charge in [0, 0.05) is 12.7 Å². The van der Waals surface area contributed by atoms with E-state index in [4.69, 9.17) is 5.73 Å². The lowest BCUT2D eigenvalue weighted by Gasteiger charge is -2.43. The van der Waals surface area contributed by atoms with E-state index in [-0.39, 0.29) is 5.54 Å². The van der Waals surface area contributed by atoms with Gasteiger partial charge >= 0.3 is 0 Å². The molecule has 2 unspecified atom stereocenters. The fourth-order valence-corrected chi connectivity index (χ4v) is 2.85. The van der Waals surface area contributed by atoms with Crippen LogP contribution in [0.4, 0.5) is 5.82 Å². The number of hydrogen-bond acceptors (Lipinski definition) is 4. The van der Waals surface area contributed by atoms with E-state index < -0.39 is 0 Å². The SMILES string of the molecule is Cc1cnc(C)c(NC2(CN)CCCCC2C)n1. The molecule has 4 heteroatoms. The quantitative estimate of drug-likeness (QED) is 0.862. The lowest BCUT2D eigenvalue weighted by Crippen LogP contribution is -2.52. The molecule has 0 aromatic carbocycles. The second-order valence-electron chi connectivity index (χ2n) is 5.58. The molecule has 0 radical (unpaired) electrons. The molecule has 18 heavy (non-hydrogen) atoms. The number of hydrogen-bond donors (Lipinski definition) is 2.